The number of nitrogens with one attached hydrogen (secondary N) is 1. The van der Waals surface area contributed by atoms with Gasteiger partial charge in [-0.25, -0.2) is 0 Å². The number of ether oxygens (including phenoxy) is 3. The summed E-state index contributed by atoms with van der Waals surface area (Å²) in [4.78, 5) is 26.6. The van der Waals surface area contributed by atoms with Crippen LogP contribution in [-0.4, -0.2) is 55.7 Å². The lowest BCUT2D eigenvalue weighted by Crippen LogP contribution is -2.48. The van der Waals surface area contributed by atoms with Crippen LogP contribution in [0, 0.1) is 13.8 Å². The smallest absolute Gasteiger partial charge is 0.260 e. The van der Waals surface area contributed by atoms with Gasteiger partial charge in [-0.15, -0.1) is 0 Å². The van der Waals surface area contributed by atoms with E-state index in [4.69, 9.17) is 14.2 Å². The summed E-state index contributed by atoms with van der Waals surface area (Å²) < 4.78 is 16.8. The van der Waals surface area contributed by atoms with Gasteiger partial charge in [-0.05, 0) is 69.0 Å². The molecule has 1 N–H and O–H groups in total. The molecule has 1 aliphatic rings. The van der Waals surface area contributed by atoms with Gasteiger partial charge in [-0.3, -0.25) is 9.59 Å². The summed E-state index contributed by atoms with van der Waals surface area (Å²) in [6, 6.07) is 13.1. The minimum Gasteiger partial charge on any atom is -0.490 e. The fraction of sp³-hybridized carbons (Fsp3) is 0.440. The highest BCUT2D eigenvalue weighted by Gasteiger charge is 2.24. The van der Waals surface area contributed by atoms with E-state index in [9.17, 15) is 9.59 Å². The third-order valence-corrected chi connectivity index (χ3v) is 5.56. The SMILES string of the molecule is CCOc1ccccc1OCC(=O)N1CCC(NC(=O)COc2ccc(C)c(C)c2)CC1. The first-order valence-electron chi connectivity index (χ1n) is 11.1. The second-order valence-electron chi connectivity index (χ2n) is 7.93. The van der Waals surface area contributed by atoms with Gasteiger partial charge < -0.3 is 24.4 Å². The molecule has 7 heteroatoms. The molecule has 0 bridgehead atoms. The van der Waals surface area contributed by atoms with Gasteiger partial charge >= 0.3 is 0 Å². The van der Waals surface area contributed by atoms with E-state index in [1.165, 1.54) is 5.56 Å². The predicted molar refractivity (Wildman–Crippen MR) is 122 cm³/mol. The van der Waals surface area contributed by atoms with Gasteiger partial charge in [0, 0.05) is 19.1 Å². The normalized spacial score (nSPS) is 14.0. The van der Waals surface area contributed by atoms with Gasteiger partial charge in [-0.1, -0.05) is 18.2 Å². The number of hydrogen-bond acceptors (Lipinski definition) is 5. The van der Waals surface area contributed by atoms with E-state index in [1.807, 2.05) is 57.2 Å². The summed E-state index contributed by atoms with van der Waals surface area (Å²) in [5.41, 5.74) is 2.32. The van der Waals surface area contributed by atoms with Gasteiger partial charge in [0.05, 0.1) is 6.61 Å². The molecular weight excluding hydrogens is 408 g/mol. The standard InChI is InChI=1S/C25H32N2O5/c1-4-30-22-7-5-6-8-23(22)32-17-25(29)27-13-11-20(12-14-27)26-24(28)16-31-21-10-9-18(2)19(3)15-21/h5-10,15,20H,4,11-14,16-17H2,1-3H3,(H,26,28). The van der Waals surface area contributed by atoms with Crippen LogP contribution in [0.25, 0.3) is 0 Å². The number of hydrogen-bond donors (Lipinski definition) is 1. The first-order valence-corrected chi connectivity index (χ1v) is 11.1. The number of benzene rings is 2. The Hall–Kier alpha value is -3.22. The van der Waals surface area contributed by atoms with Crippen LogP contribution in [0.1, 0.15) is 30.9 Å². The number of nitrogens with zero attached hydrogens (tertiary/aromatic N) is 1. The number of para-hydroxylation sites is 2. The summed E-state index contributed by atoms with van der Waals surface area (Å²) in [5, 5.41) is 3.00. The molecule has 32 heavy (non-hydrogen) atoms. The van der Waals surface area contributed by atoms with Crippen molar-refractivity contribution in [2.24, 2.45) is 0 Å². The second-order valence-corrected chi connectivity index (χ2v) is 7.93. The molecule has 1 saturated heterocycles. The first kappa shape index (κ1) is 23.4. The van der Waals surface area contributed by atoms with Crippen LogP contribution in [0.4, 0.5) is 0 Å². The summed E-state index contributed by atoms with van der Waals surface area (Å²) in [7, 11) is 0. The number of amides is 2. The topological polar surface area (TPSA) is 77.1 Å². The van der Waals surface area contributed by atoms with Crippen LogP contribution in [0.3, 0.4) is 0 Å². The van der Waals surface area contributed by atoms with E-state index < -0.39 is 0 Å². The van der Waals surface area contributed by atoms with Crippen LogP contribution in [0.15, 0.2) is 42.5 Å². The Labute approximate surface area is 189 Å². The summed E-state index contributed by atoms with van der Waals surface area (Å²) >= 11 is 0. The predicted octanol–water partition coefficient (Wildman–Crippen LogP) is 3.27. The Morgan fingerprint density at radius 1 is 0.938 bits per heavy atom. The molecule has 0 saturated carbocycles. The monoisotopic (exact) mass is 440 g/mol. The van der Waals surface area contributed by atoms with Gasteiger partial charge in [0.1, 0.15) is 5.75 Å². The van der Waals surface area contributed by atoms with Crippen LogP contribution in [0.2, 0.25) is 0 Å². The molecule has 0 aliphatic carbocycles. The second kappa shape index (κ2) is 11.4. The molecule has 1 aliphatic heterocycles. The van der Waals surface area contributed by atoms with Gasteiger partial charge in [-0.2, -0.15) is 0 Å². The first-order chi connectivity index (χ1) is 15.5. The largest absolute Gasteiger partial charge is 0.490 e. The van der Waals surface area contributed by atoms with E-state index in [-0.39, 0.29) is 31.1 Å². The lowest BCUT2D eigenvalue weighted by atomic mass is 10.1. The zero-order valence-corrected chi connectivity index (χ0v) is 19.1. The quantitative estimate of drug-likeness (QED) is 0.648. The highest BCUT2D eigenvalue weighted by atomic mass is 16.5. The van der Waals surface area contributed by atoms with E-state index in [2.05, 4.69) is 5.32 Å². The third-order valence-electron chi connectivity index (χ3n) is 5.56. The zero-order chi connectivity index (χ0) is 22.9. The fourth-order valence-corrected chi connectivity index (χ4v) is 3.57. The summed E-state index contributed by atoms with van der Waals surface area (Å²) in [6.07, 6.45) is 1.41. The Kier molecular flexibility index (Phi) is 8.36. The average Bonchev–Trinajstić information content (AvgIpc) is 2.80. The number of carbonyl (C=O) groups is 2. The molecular formula is C25H32N2O5. The van der Waals surface area contributed by atoms with Gasteiger partial charge in [0.15, 0.2) is 24.7 Å². The van der Waals surface area contributed by atoms with Crippen molar-refractivity contribution in [1.29, 1.82) is 0 Å². The lowest BCUT2D eigenvalue weighted by Gasteiger charge is -2.32. The van der Waals surface area contributed by atoms with E-state index in [1.54, 1.807) is 11.0 Å². The molecule has 2 aromatic carbocycles. The van der Waals surface area contributed by atoms with Crippen molar-refractivity contribution in [1.82, 2.24) is 10.2 Å². The molecule has 172 valence electrons. The Morgan fingerprint density at radius 3 is 2.28 bits per heavy atom. The average molecular weight is 441 g/mol. The minimum absolute atomic E-state index is 0.0191. The highest BCUT2D eigenvalue weighted by molar-refractivity contribution is 5.79. The Balaban J connectivity index is 1.38. The summed E-state index contributed by atoms with van der Waals surface area (Å²) in [6.45, 7) is 7.59. The molecule has 1 fully saturated rings. The Bertz CT molecular complexity index is 922. The maximum absolute atomic E-state index is 12.5. The number of aryl methyl sites for hydroxylation is 2. The highest BCUT2D eigenvalue weighted by Crippen LogP contribution is 2.26. The molecule has 0 radical (unpaired) electrons. The molecule has 0 atom stereocenters. The van der Waals surface area contributed by atoms with E-state index >= 15 is 0 Å². The minimum atomic E-state index is -0.149. The van der Waals surface area contributed by atoms with Crippen molar-refractivity contribution in [3.8, 4) is 17.2 Å². The van der Waals surface area contributed by atoms with E-state index in [0.29, 0.717) is 49.8 Å². The van der Waals surface area contributed by atoms with E-state index in [0.717, 1.165) is 5.56 Å². The van der Waals surface area contributed by atoms with Crippen LogP contribution in [-0.2, 0) is 9.59 Å². The fourth-order valence-electron chi connectivity index (χ4n) is 3.57. The number of rotatable bonds is 9. The van der Waals surface area contributed by atoms with Crippen LogP contribution in [0.5, 0.6) is 17.2 Å². The number of likely N-dealkylation sites (tertiary alicyclic amines) is 1. The molecule has 7 nitrogen and oxygen atoms in total. The van der Waals surface area contributed by atoms with Crippen molar-refractivity contribution in [3.05, 3.63) is 53.6 Å². The molecule has 0 spiro atoms. The van der Waals surface area contributed by atoms with Gasteiger partial charge in [0.25, 0.3) is 11.8 Å². The number of carbonyl (C=O) groups excluding carboxylic acids is 2. The molecule has 0 unspecified atom stereocenters. The van der Waals surface area contributed by atoms with Crippen LogP contribution < -0.4 is 19.5 Å². The molecule has 0 aromatic heterocycles. The van der Waals surface area contributed by atoms with Crippen LogP contribution >= 0.6 is 0 Å². The maximum Gasteiger partial charge on any atom is 0.260 e. The maximum atomic E-state index is 12.5. The third kappa shape index (κ3) is 6.64. The summed E-state index contributed by atoms with van der Waals surface area (Å²) in [5.74, 6) is 1.67. The Morgan fingerprint density at radius 2 is 1.62 bits per heavy atom. The van der Waals surface area contributed by atoms with Crippen molar-refractivity contribution >= 4 is 11.8 Å². The van der Waals surface area contributed by atoms with Crippen molar-refractivity contribution in [2.45, 2.75) is 39.7 Å². The van der Waals surface area contributed by atoms with Crippen molar-refractivity contribution < 1.29 is 23.8 Å². The molecule has 3 rings (SSSR count). The molecule has 2 aromatic rings. The molecule has 1 heterocycles. The zero-order valence-electron chi connectivity index (χ0n) is 19.1. The molecule has 2 amide bonds. The van der Waals surface area contributed by atoms with Crippen molar-refractivity contribution in [3.63, 3.8) is 0 Å². The van der Waals surface area contributed by atoms with Crippen molar-refractivity contribution in [2.75, 3.05) is 32.9 Å². The number of piperidine rings is 1. The van der Waals surface area contributed by atoms with Gasteiger partial charge in [0.2, 0.25) is 0 Å². The lowest BCUT2D eigenvalue weighted by molar-refractivity contribution is -0.134.